The molecule has 114 valence electrons. The van der Waals surface area contributed by atoms with Crippen molar-refractivity contribution >= 4 is 12.1 Å². The van der Waals surface area contributed by atoms with Crippen molar-refractivity contribution in [2.45, 2.75) is 19.3 Å². The Bertz CT molecular complexity index is 337. The first-order valence-electron chi connectivity index (χ1n) is 7.38. The molecule has 0 aliphatic carbocycles. The van der Waals surface area contributed by atoms with Crippen LogP contribution in [-0.2, 0) is 0 Å². The third-order valence-electron chi connectivity index (χ3n) is 4.12. The Morgan fingerprint density at radius 2 is 1.70 bits per heavy atom. The molecule has 2 fully saturated rings. The van der Waals surface area contributed by atoms with Gasteiger partial charge in [-0.3, -0.25) is 0 Å². The topological polar surface area (TPSA) is 84.9 Å². The number of hydrogen-bond acceptors (Lipinski definition) is 3. The maximum absolute atomic E-state index is 12.0. The SMILES string of the molecule is O=C(O)N1CCN(C(=O)NCCC2CCNCC2)CC1. The Balaban J connectivity index is 1.61. The number of piperazine rings is 1. The van der Waals surface area contributed by atoms with E-state index in [1.165, 1.54) is 17.7 Å². The van der Waals surface area contributed by atoms with E-state index < -0.39 is 6.09 Å². The van der Waals surface area contributed by atoms with Crippen LogP contribution in [0.15, 0.2) is 0 Å². The number of carbonyl (C=O) groups is 2. The Kier molecular flexibility index (Phi) is 5.46. The van der Waals surface area contributed by atoms with Gasteiger partial charge in [-0.1, -0.05) is 0 Å². The van der Waals surface area contributed by atoms with Gasteiger partial charge in [0, 0.05) is 32.7 Å². The van der Waals surface area contributed by atoms with Crippen LogP contribution in [0.25, 0.3) is 0 Å². The summed E-state index contributed by atoms with van der Waals surface area (Å²) in [6.45, 7) is 4.62. The Morgan fingerprint density at radius 3 is 2.30 bits per heavy atom. The van der Waals surface area contributed by atoms with E-state index in [9.17, 15) is 9.59 Å². The summed E-state index contributed by atoms with van der Waals surface area (Å²) >= 11 is 0. The zero-order chi connectivity index (χ0) is 14.4. The van der Waals surface area contributed by atoms with Gasteiger partial charge in [0.15, 0.2) is 0 Å². The minimum Gasteiger partial charge on any atom is -0.465 e. The first kappa shape index (κ1) is 14.9. The van der Waals surface area contributed by atoms with Gasteiger partial charge in [-0.2, -0.15) is 0 Å². The molecule has 7 nitrogen and oxygen atoms in total. The molecule has 2 heterocycles. The third-order valence-corrected chi connectivity index (χ3v) is 4.12. The zero-order valence-corrected chi connectivity index (χ0v) is 11.8. The summed E-state index contributed by atoms with van der Waals surface area (Å²) in [6.07, 6.45) is 2.50. The van der Waals surface area contributed by atoms with Gasteiger partial charge in [0.25, 0.3) is 0 Å². The van der Waals surface area contributed by atoms with Crippen LogP contribution in [0.5, 0.6) is 0 Å². The monoisotopic (exact) mass is 284 g/mol. The quantitative estimate of drug-likeness (QED) is 0.699. The molecule has 0 saturated carbocycles. The van der Waals surface area contributed by atoms with E-state index >= 15 is 0 Å². The molecule has 7 heteroatoms. The summed E-state index contributed by atoms with van der Waals surface area (Å²) in [5.74, 6) is 0.709. The largest absolute Gasteiger partial charge is 0.465 e. The van der Waals surface area contributed by atoms with Crippen molar-refractivity contribution in [2.75, 3.05) is 45.8 Å². The number of carbonyl (C=O) groups excluding carboxylic acids is 1. The number of nitrogens with one attached hydrogen (secondary N) is 2. The maximum atomic E-state index is 12.0. The van der Waals surface area contributed by atoms with Gasteiger partial charge in [-0.15, -0.1) is 0 Å². The number of carboxylic acid groups (broad SMARTS) is 1. The van der Waals surface area contributed by atoms with Gasteiger partial charge >= 0.3 is 12.1 Å². The lowest BCUT2D eigenvalue weighted by atomic mass is 9.95. The minimum atomic E-state index is -0.907. The number of piperidine rings is 1. The summed E-state index contributed by atoms with van der Waals surface area (Å²) < 4.78 is 0. The molecule has 20 heavy (non-hydrogen) atoms. The molecule has 0 bridgehead atoms. The van der Waals surface area contributed by atoms with Crippen molar-refractivity contribution in [2.24, 2.45) is 5.92 Å². The fraction of sp³-hybridized carbons (Fsp3) is 0.846. The molecule has 2 saturated heterocycles. The van der Waals surface area contributed by atoms with Gasteiger partial charge in [0.1, 0.15) is 0 Å². The van der Waals surface area contributed by atoms with Crippen LogP contribution in [0.3, 0.4) is 0 Å². The van der Waals surface area contributed by atoms with Crippen molar-refractivity contribution in [1.82, 2.24) is 20.4 Å². The van der Waals surface area contributed by atoms with Crippen LogP contribution in [0, 0.1) is 5.92 Å². The van der Waals surface area contributed by atoms with E-state index in [1.54, 1.807) is 4.90 Å². The Hall–Kier alpha value is -1.50. The average molecular weight is 284 g/mol. The third kappa shape index (κ3) is 4.26. The van der Waals surface area contributed by atoms with Gasteiger partial charge in [0.05, 0.1) is 0 Å². The second-order valence-corrected chi connectivity index (χ2v) is 5.47. The summed E-state index contributed by atoms with van der Waals surface area (Å²) in [7, 11) is 0. The standard InChI is InChI=1S/C13H24N4O3/c18-12(15-6-3-11-1-4-14-5-2-11)16-7-9-17(10-8-16)13(19)20/h11,14H,1-10H2,(H,15,18)(H,19,20). The second kappa shape index (κ2) is 7.33. The molecule has 0 radical (unpaired) electrons. The second-order valence-electron chi connectivity index (χ2n) is 5.47. The normalized spacial score (nSPS) is 20.8. The van der Waals surface area contributed by atoms with E-state index in [0.717, 1.165) is 19.5 Å². The number of amides is 3. The molecule has 3 amide bonds. The van der Waals surface area contributed by atoms with Crippen LogP contribution in [-0.4, -0.2) is 72.8 Å². The van der Waals surface area contributed by atoms with Crippen molar-refractivity contribution in [3.05, 3.63) is 0 Å². The number of rotatable bonds is 3. The predicted molar refractivity (Wildman–Crippen MR) is 74.8 cm³/mol. The summed E-state index contributed by atoms with van der Waals surface area (Å²) in [5.41, 5.74) is 0. The van der Waals surface area contributed by atoms with Crippen molar-refractivity contribution < 1.29 is 14.7 Å². The fourth-order valence-electron chi connectivity index (χ4n) is 2.77. The molecule has 2 rings (SSSR count). The van der Waals surface area contributed by atoms with Crippen LogP contribution in [0.1, 0.15) is 19.3 Å². The molecule has 0 unspecified atom stereocenters. The lowest BCUT2D eigenvalue weighted by Crippen LogP contribution is -2.53. The van der Waals surface area contributed by atoms with Crippen LogP contribution >= 0.6 is 0 Å². The highest BCUT2D eigenvalue weighted by Crippen LogP contribution is 2.14. The Morgan fingerprint density at radius 1 is 1.10 bits per heavy atom. The summed E-state index contributed by atoms with van der Waals surface area (Å²) in [6, 6.07) is -0.0658. The lowest BCUT2D eigenvalue weighted by Gasteiger charge is -2.33. The minimum absolute atomic E-state index is 0.0658. The van der Waals surface area contributed by atoms with Crippen LogP contribution < -0.4 is 10.6 Å². The van der Waals surface area contributed by atoms with E-state index in [2.05, 4.69) is 10.6 Å². The number of hydrogen-bond donors (Lipinski definition) is 3. The Labute approximate surface area is 119 Å². The molecule has 0 aromatic heterocycles. The lowest BCUT2D eigenvalue weighted by molar-refractivity contribution is 0.111. The smallest absolute Gasteiger partial charge is 0.407 e. The fourth-order valence-corrected chi connectivity index (χ4v) is 2.77. The molecule has 0 spiro atoms. The number of urea groups is 1. The highest BCUT2D eigenvalue weighted by atomic mass is 16.4. The highest BCUT2D eigenvalue weighted by Gasteiger charge is 2.23. The summed E-state index contributed by atoms with van der Waals surface area (Å²) in [4.78, 5) is 25.8. The van der Waals surface area contributed by atoms with Gasteiger partial charge in [-0.25, -0.2) is 9.59 Å². The molecule has 0 aromatic rings. The van der Waals surface area contributed by atoms with E-state index in [-0.39, 0.29) is 6.03 Å². The predicted octanol–water partition coefficient (Wildman–Crippen LogP) is 0.381. The van der Waals surface area contributed by atoms with Gasteiger partial charge in [-0.05, 0) is 38.3 Å². The van der Waals surface area contributed by atoms with Crippen molar-refractivity contribution in [3.8, 4) is 0 Å². The first-order chi connectivity index (χ1) is 9.66. The molecule has 3 N–H and O–H groups in total. The van der Waals surface area contributed by atoms with E-state index in [4.69, 9.17) is 5.11 Å². The molecule has 0 aromatic carbocycles. The van der Waals surface area contributed by atoms with Gasteiger partial charge in [0.2, 0.25) is 0 Å². The maximum Gasteiger partial charge on any atom is 0.407 e. The average Bonchev–Trinajstić information content (AvgIpc) is 2.48. The van der Waals surface area contributed by atoms with Crippen LogP contribution in [0.2, 0.25) is 0 Å². The first-order valence-corrected chi connectivity index (χ1v) is 7.38. The van der Waals surface area contributed by atoms with Gasteiger partial charge < -0.3 is 25.5 Å². The number of nitrogens with zero attached hydrogens (tertiary/aromatic N) is 2. The van der Waals surface area contributed by atoms with E-state index in [1.807, 2.05) is 0 Å². The summed E-state index contributed by atoms with van der Waals surface area (Å²) in [5, 5.41) is 15.1. The molecular weight excluding hydrogens is 260 g/mol. The van der Waals surface area contributed by atoms with Crippen LogP contribution in [0.4, 0.5) is 9.59 Å². The molecule has 0 atom stereocenters. The molecule has 2 aliphatic rings. The highest BCUT2D eigenvalue weighted by molar-refractivity contribution is 5.74. The molecule has 2 aliphatic heterocycles. The zero-order valence-electron chi connectivity index (χ0n) is 11.8. The van der Waals surface area contributed by atoms with E-state index in [0.29, 0.717) is 38.6 Å². The van der Waals surface area contributed by atoms with Crippen molar-refractivity contribution in [3.63, 3.8) is 0 Å². The van der Waals surface area contributed by atoms with Crippen molar-refractivity contribution in [1.29, 1.82) is 0 Å². The molecular formula is C13H24N4O3.